The van der Waals surface area contributed by atoms with Crippen LogP contribution in [0.2, 0.25) is 0 Å². The van der Waals surface area contributed by atoms with Crippen LogP contribution in [0.1, 0.15) is 47.5 Å². The minimum atomic E-state index is -0.496. The highest BCUT2D eigenvalue weighted by Crippen LogP contribution is 2.40. The molecule has 1 saturated heterocycles. The first kappa shape index (κ1) is 20.9. The number of esters is 1. The molecular weight excluding hydrogens is 398 g/mol. The molecule has 0 radical (unpaired) electrons. The highest BCUT2D eigenvalue weighted by atomic mass is 32.2. The molecule has 7 nitrogen and oxygen atoms in total. The van der Waals surface area contributed by atoms with Crippen molar-refractivity contribution >= 4 is 51.1 Å². The van der Waals surface area contributed by atoms with Crippen LogP contribution in [0.15, 0.2) is 4.99 Å². The molecule has 0 aromatic carbocycles. The maximum absolute atomic E-state index is 12.6. The fourth-order valence-corrected chi connectivity index (χ4v) is 6.02. The van der Waals surface area contributed by atoms with Crippen LogP contribution in [0.4, 0.5) is 5.00 Å². The summed E-state index contributed by atoms with van der Waals surface area (Å²) in [6.45, 7) is 4.24. The smallest absolute Gasteiger partial charge is 0.341 e. The zero-order valence-corrected chi connectivity index (χ0v) is 18.2. The molecule has 1 N–H and O–H groups in total. The van der Waals surface area contributed by atoms with Gasteiger partial charge in [0.15, 0.2) is 5.17 Å². The van der Waals surface area contributed by atoms with E-state index in [9.17, 15) is 14.4 Å². The van der Waals surface area contributed by atoms with Crippen LogP contribution >= 0.6 is 23.1 Å². The van der Waals surface area contributed by atoms with Crippen LogP contribution in [-0.4, -0.2) is 53.8 Å². The standard InChI is InChI=1S/C19H25N3O4S2/c1-5-26-18(25)15-11-7-6-10(2)8-12(11)27-16(15)21-14(23)9-13-17(24)22(4)19(20-3)28-13/h10,13H,5-9H2,1-4H3,(H,21,23)/t10-,13+/m0/s1. The maximum atomic E-state index is 12.6. The van der Waals surface area contributed by atoms with Crippen molar-refractivity contribution in [2.75, 3.05) is 26.0 Å². The number of anilines is 1. The molecule has 2 atom stereocenters. The van der Waals surface area contributed by atoms with Crippen molar-refractivity contribution in [2.24, 2.45) is 10.9 Å². The Bertz CT molecular complexity index is 833. The number of aliphatic imine (C=N–C) groups is 1. The third kappa shape index (κ3) is 4.10. The Labute approximate surface area is 172 Å². The number of hydrogen-bond donors (Lipinski definition) is 1. The molecule has 28 heavy (non-hydrogen) atoms. The van der Waals surface area contributed by atoms with E-state index in [1.807, 2.05) is 0 Å². The summed E-state index contributed by atoms with van der Waals surface area (Å²) in [5.41, 5.74) is 1.49. The minimum Gasteiger partial charge on any atom is -0.462 e. The summed E-state index contributed by atoms with van der Waals surface area (Å²) in [6, 6.07) is 0. The fraction of sp³-hybridized carbons (Fsp3) is 0.579. The number of fused-ring (bicyclic) bond motifs is 1. The minimum absolute atomic E-state index is 0.0358. The first-order valence-corrected chi connectivity index (χ1v) is 11.1. The highest BCUT2D eigenvalue weighted by molar-refractivity contribution is 8.15. The largest absolute Gasteiger partial charge is 0.462 e. The average Bonchev–Trinajstić information content (AvgIpc) is 3.13. The van der Waals surface area contributed by atoms with Crippen molar-refractivity contribution in [1.29, 1.82) is 0 Å². The topological polar surface area (TPSA) is 88.1 Å². The van der Waals surface area contributed by atoms with Crippen LogP contribution in [-0.2, 0) is 27.2 Å². The first-order valence-electron chi connectivity index (χ1n) is 9.38. The van der Waals surface area contributed by atoms with Crippen LogP contribution in [0.3, 0.4) is 0 Å². The number of ether oxygens (including phenoxy) is 1. The third-order valence-corrected chi connectivity index (χ3v) is 7.44. The van der Waals surface area contributed by atoms with E-state index >= 15 is 0 Å². The summed E-state index contributed by atoms with van der Waals surface area (Å²) in [7, 11) is 3.28. The molecule has 9 heteroatoms. The molecular formula is C19H25N3O4S2. The maximum Gasteiger partial charge on any atom is 0.341 e. The first-order chi connectivity index (χ1) is 13.3. The summed E-state index contributed by atoms with van der Waals surface area (Å²) in [5.74, 6) is -0.254. The van der Waals surface area contributed by atoms with Gasteiger partial charge in [0.05, 0.1) is 12.2 Å². The van der Waals surface area contributed by atoms with Crippen LogP contribution in [0.25, 0.3) is 0 Å². The predicted octanol–water partition coefficient (Wildman–Crippen LogP) is 2.94. The second-order valence-electron chi connectivity index (χ2n) is 7.04. The Kier molecular flexibility index (Phi) is 6.44. The van der Waals surface area contributed by atoms with Gasteiger partial charge >= 0.3 is 5.97 Å². The van der Waals surface area contributed by atoms with Crippen molar-refractivity contribution in [1.82, 2.24) is 4.90 Å². The van der Waals surface area contributed by atoms with Gasteiger partial charge in [-0.15, -0.1) is 11.3 Å². The van der Waals surface area contributed by atoms with Crippen molar-refractivity contribution in [3.05, 3.63) is 16.0 Å². The summed E-state index contributed by atoms with van der Waals surface area (Å²) in [6.07, 6.45) is 2.77. The average molecular weight is 424 g/mol. The van der Waals surface area contributed by atoms with Gasteiger partial charge in [-0.2, -0.15) is 0 Å². The molecule has 1 aromatic heterocycles. The summed E-state index contributed by atoms with van der Waals surface area (Å²) in [4.78, 5) is 44.1. The Morgan fingerprint density at radius 2 is 2.14 bits per heavy atom. The molecule has 1 aliphatic heterocycles. The lowest BCUT2D eigenvalue weighted by atomic mass is 9.88. The number of carbonyl (C=O) groups excluding carboxylic acids is 3. The number of nitrogens with zero attached hydrogens (tertiary/aromatic N) is 2. The lowest BCUT2D eigenvalue weighted by molar-refractivity contribution is -0.127. The van der Waals surface area contributed by atoms with Gasteiger partial charge in [0.2, 0.25) is 11.8 Å². The van der Waals surface area contributed by atoms with Gasteiger partial charge in [-0.3, -0.25) is 19.5 Å². The lowest BCUT2D eigenvalue weighted by Crippen LogP contribution is -2.30. The van der Waals surface area contributed by atoms with Gasteiger partial charge in [-0.25, -0.2) is 4.79 Å². The van der Waals surface area contributed by atoms with Crippen LogP contribution in [0.5, 0.6) is 0 Å². The molecule has 1 aromatic rings. The van der Waals surface area contributed by atoms with E-state index < -0.39 is 11.2 Å². The molecule has 2 aliphatic rings. The zero-order valence-electron chi connectivity index (χ0n) is 16.5. The van der Waals surface area contributed by atoms with Gasteiger partial charge < -0.3 is 10.1 Å². The van der Waals surface area contributed by atoms with E-state index in [0.29, 0.717) is 21.7 Å². The molecule has 152 valence electrons. The van der Waals surface area contributed by atoms with Crippen molar-refractivity contribution in [2.45, 2.75) is 44.8 Å². The van der Waals surface area contributed by atoms with E-state index in [1.54, 1.807) is 21.0 Å². The summed E-state index contributed by atoms with van der Waals surface area (Å²) >= 11 is 2.74. The summed E-state index contributed by atoms with van der Waals surface area (Å²) in [5, 5.41) is 3.52. The monoisotopic (exact) mass is 423 g/mol. The molecule has 2 amide bonds. The third-order valence-electron chi connectivity index (χ3n) is 4.95. The molecule has 0 saturated carbocycles. The van der Waals surface area contributed by atoms with E-state index in [2.05, 4.69) is 17.2 Å². The molecule has 0 unspecified atom stereocenters. The van der Waals surface area contributed by atoms with Crippen molar-refractivity contribution < 1.29 is 19.1 Å². The normalized spacial score (nSPS) is 23.1. The van der Waals surface area contributed by atoms with Gasteiger partial charge in [0.25, 0.3) is 0 Å². The number of nitrogens with one attached hydrogen (secondary N) is 1. The number of thiophene rings is 1. The summed E-state index contributed by atoms with van der Waals surface area (Å²) < 4.78 is 5.23. The molecule has 0 spiro atoms. The Morgan fingerprint density at radius 3 is 2.79 bits per heavy atom. The number of rotatable bonds is 5. The SMILES string of the molecule is CCOC(=O)c1c(NC(=O)C[C@H]2SC(=NC)N(C)C2=O)sc2c1CC[C@H](C)C2. The van der Waals surface area contributed by atoms with Gasteiger partial charge in [0, 0.05) is 25.4 Å². The second kappa shape index (κ2) is 8.65. The molecule has 3 rings (SSSR count). The van der Waals surface area contributed by atoms with Crippen LogP contribution < -0.4 is 5.32 Å². The van der Waals surface area contributed by atoms with E-state index in [1.165, 1.54) is 28.0 Å². The molecule has 1 aliphatic carbocycles. The van der Waals surface area contributed by atoms with Crippen LogP contribution in [0, 0.1) is 5.92 Å². The Hall–Kier alpha value is -1.87. The quantitative estimate of drug-likeness (QED) is 0.736. The number of amides is 2. The Morgan fingerprint density at radius 1 is 1.39 bits per heavy atom. The number of amidine groups is 1. The highest BCUT2D eigenvalue weighted by Gasteiger charge is 2.37. The molecule has 2 heterocycles. The Balaban J connectivity index is 1.79. The number of hydrogen-bond acceptors (Lipinski definition) is 7. The predicted molar refractivity (Wildman–Crippen MR) is 112 cm³/mol. The number of carbonyl (C=O) groups is 3. The molecule has 0 bridgehead atoms. The fourth-order valence-electron chi connectivity index (χ4n) is 3.50. The van der Waals surface area contributed by atoms with E-state index in [-0.39, 0.29) is 24.8 Å². The second-order valence-corrected chi connectivity index (χ2v) is 9.31. The molecule has 1 fully saturated rings. The lowest BCUT2D eigenvalue weighted by Gasteiger charge is -2.18. The van der Waals surface area contributed by atoms with Gasteiger partial charge in [-0.05, 0) is 37.7 Å². The van der Waals surface area contributed by atoms with Crippen molar-refractivity contribution in [3.63, 3.8) is 0 Å². The van der Waals surface area contributed by atoms with Crippen molar-refractivity contribution in [3.8, 4) is 0 Å². The number of thioether (sulfide) groups is 1. The zero-order chi connectivity index (χ0) is 20.4. The van der Waals surface area contributed by atoms with Gasteiger partial charge in [0.1, 0.15) is 10.3 Å². The van der Waals surface area contributed by atoms with E-state index in [0.717, 1.165) is 29.7 Å². The van der Waals surface area contributed by atoms with Gasteiger partial charge in [-0.1, -0.05) is 18.7 Å². The van der Waals surface area contributed by atoms with E-state index in [4.69, 9.17) is 4.74 Å².